The molecule has 0 unspecified atom stereocenters. The highest BCUT2D eigenvalue weighted by atomic mass is 35.5. The van der Waals surface area contributed by atoms with Crippen molar-refractivity contribution in [1.29, 1.82) is 0 Å². The average molecular weight is 604 g/mol. The van der Waals surface area contributed by atoms with Gasteiger partial charge in [-0.2, -0.15) is 0 Å². The van der Waals surface area contributed by atoms with Crippen molar-refractivity contribution in [1.82, 2.24) is 10.2 Å². The third-order valence-electron chi connectivity index (χ3n) is 6.35. The molecule has 0 aromatic heterocycles. The summed E-state index contributed by atoms with van der Waals surface area (Å²) in [5.74, 6) is -1.04. The zero-order valence-corrected chi connectivity index (χ0v) is 24.9. The maximum atomic E-state index is 14.0. The van der Waals surface area contributed by atoms with Gasteiger partial charge in [0.15, 0.2) is 0 Å². The van der Waals surface area contributed by atoms with E-state index in [2.05, 4.69) is 5.32 Å². The van der Waals surface area contributed by atoms with E-state index >= 15 is 0 Å². The van der Waals surface area contributed by atoms with E-state index < -0.39 is 34.3 Å². The highest BCUT2D eigenvalue weighted by Crippen LogP contribution is 2.27. The van der Waals surface area contributed by atoms with Gasteiger partial charge in [0.25, 0.3) is 10.0 Å². The van der Waals surface area contributed by atoms with Gasteiger partial charge < -0.3 is 15.0 Å². The third kappa shape index (κ3) is 8.20. The van der Waals surface area contributed by atoms with Crippen molar-refractivity contribution < 1.29 is 27.1 Å². The predicted molar refractivity (Wildman–Crippen MR) is 158 cm³/mol. The summed E-state index contributed by atoms with van der Waals surface area (Å²) in [5, 5.41) is 3.24. The molecule has 11 heteroatoms. The molecule has 0 saturated heterocycles. The minimum absolute atomic E-state index is 0.0169. The Morgan fingerprint density at radius 2 is 1.63 bits per heavy atom. The van der Waals surface area contributed by atoms with Gasteiger partial charge >= 0.3 is 0 Å². The second-order valence-electron chi connectivity index (χ2n) is 9.22. The van der Waals surface area contributed by atoms with E-state index in [1.54, 1.807) is 31.2 Å². The summed E-state index contributed by atoms with van der Waals surface area (Å²) < 4.78 is 47.9. The number of hydrogen-bond donors (Lipinski definition) is 1. The van der Waals surface area contributed by atoms with Gasteiger partial charge in [0, 0.05) is 18.1 Å². The normalized spacial score (nSPS) is 11.9. The van der Waals surface area contributed by atoms with Crippen molar-refractivity contribution in [2.24, 2.45) is 0 Å². The van der Waals surface area contributed by atoms with Crippen molar-refractivity contribution in [2.45, 2.75) is 51.1 Å². The number of sulfonamides is 1. The van der Waals surface area contributed by atoms with E-state index in [-0.39, 0.29) is 29.5 Å². The van der Waals surface area contributed by atoms with E-state index in [9.17, 15) is 22.4 Å². The molecule has 0 fully saturated rings. The van der Waals surface area contributed by atoms with Crippen molar-refractivity contribution in [3.8, 4) is 5.75 Å². The molecule has 0 aliphatic carbocycles. The Bertz CT molecular complexity index is 1420. The largest absolute Gasteiger partial charge is 0.494 e. The fraction of sp³-hybridized carbons (Fsp3) is 0.333. The lowest BCUT2D eigenvalue weighted by Crippen LogP contribution is -2.52. The first kappa shape index (κ1) is 31.9. The number of benzene rings is 3. The van der Waals surface area contributed by atoms with Crippen LogP contribution in [0.2, 0.25) is 5.02 Å². The lowest BCUT2D eigenvalue weighted by atomic mass is 10.1. The lowest BCUT2D eigenvalue weighted by Gasteiger charge is -2.33. The Balaban J connectivity index is 2.05. The Morgan fingerprint density at radius 3 is 2.22 bits per heavy atom. The molecule has 0 aliphatic rings. The van der Waals surface area contributed by atoms with Gasteiger partial charge in [-0.25, -0.2) is 12.8 Å². The topological polar surface area (TPSA) is 96.0 Å². The number of carbonyl (C=O) groups excluding carboxylic acids is 2. The fourth-order valence-electron chi connectivity index (χ4n) is 4.23. The number of rotatable bonds is 14. The Kier molecular flexibility index (Phi) is 11.5. The van der Waals surface area contributed by atoms with Gasteiger partial charge in [-0.15, -0.1) is 0 Å². The Labute approximate surface area is 246 Å². The summed E-state index contributed by atoms with van der Waals surface area (Å²) in [6, 6.07) is 16.7. The van der Waals surface area contributed by atoms with E-state index in [1.807, 2.05) is 13.8 Å². The molecular weight excluding hydrogens is 569 g/mol. The first-order chi connectivity index (χ1) is 19.6. The number of carbonyl (C=O) groups is 2. The van der Waals surface area contributed by atoms with Crippen LogP contribution >= 0.6 is 11.6 Å². The van der Waals surface area contributed by atoms with Gasteiger partial charge in [0.05, 0.1) is 17.2 Å². The van der Waals surface area contributed by atoms with Gasteiger partial charge in [-0.05, 0) is 79.9 Å². The molecule has 1 N–H and O–H groups in total. The number of nitrogens with zero attached hydrogens (tertiary/aromatic N) is 2. The summed E-state index contributed by atoms with van der Waals surface area (Å²) in [7, 11) is -4.29. The number of halogens is 2. The molecule has 1 atom stereocenters. The average Bonchev–Trinajstić information content (AvgIpc) is 2.96. The van der Waals surface area contributed by atoms with E-state index in [0.29, 0.717) is 35.9 Å². The zero-order valence-electron chi connectivity index (χ0n) is 23.3. The Hall–Kier alpha value is -3.63. The van der Waals surface area contributed by atoms with Gasteiger partial charge in [-0.3, -0.25) is 13.9 Å². The number of anilines is 1. The zero-order chi connectivity index (χ0) is 30.0. The van der Waals surface area contributed by atoms with Crippen molar-refractivity contribution in [3.05, 3.63) is 89.2 Å². The van der Waals surface area contributed by atoms with E-state index in [0.717, 1.165) is 16.4 Å². The molecule has 3 rings (SSSR count). The standard InChI is InChI=1S/C30H35ClFN3O5S/c1-4-19-33-30(37)28(5-2)34(20-22-9-7-8-10-27(22)31)29(36)21-35(24-13-11-23(32)12-14-24)41(38,39)26-17-15-25(16-18-26)40-6-3/h7-18,28H,4-6,19-21H2,1-3H3,(H,33,37)/t28-/m0/s1. The molecule has 8 nitrogen and oxygen atoms in total. The highest BCUT2D eigenvalue weighted by Gasteiger charge is 2.34. The molecular formula is C30H35ClFN3O5S. The summed E-state index contributed by atoms with van der Waals surface area (Å²) in [6.45, 7) is 5.69. The molecule has 0 bridgehead atoms. The van der Waals surface area contributed by atoms with Crippen molar-refractivity contribution in [2.75, 3.05) is 24.0 Å². The second-order valence-corrected chi connectivity index (χ2v) is 11.5. The summed E-state index contributed by atoms with van der Waals surface area (Å²) in [4.78, 5) is 28.4. The lowest BCUT2D eigenvalue weighted by molar-refractivity contribution is -0.140. The number of ether oxygens (including phenoxy) is 1. The number of amides is 2. The monoisotopic (exact) mass is 603 g/mol. The van der Waals surface area contributed by atoms with Crippen LogP contribution in [0.15, 0.2) is 77.7 Å². The summed E-state index contributed by atoms with van der Waals surface area (Å²) >= 11 is 6.40. The predicted octanol–water partition coefficient (Wildman–Crippen LogP) is 5.41. The van der Waals surface area contributed by atoms with Gasteiger partial charge in [0.2, 0.25) is 11.8 Å². The quantitative estimate of drug-likeness (QED) is 0.266. The molecule has 0 radical (unpaired) electrons. The highest BCUT2D eigenvalue weighted by molar-refractivity contribution is 7.92. The smallest absolute Gasteiger partial charge is 0.264 e. The molecule has 41 heavy (non-hydrogen) atoms. The molecule has 0 spiro atoms. The van der Waals surface area contributed by atoms with Crippen LogP contribution in [0.1, 0.15) is 39.2 Å². The minimum Gasteiger partial charge on any atom is -0.494 e. The van der Waals surface area contributed by atoms with Crippen LogP contribution < -0.4 is 14.4 Å². The molecule has 2 amide bonds. The van der Waals surface area contributed by atoms with Crippen LogP contribution in [0, 0.1) is 5.82 Å². The maximum absolute atomic E-state index is 14.0. The van der Waals surface area contributed by atoms with Gasteiger partial charge in [-0.1, -0.05) is 43.6 Å². The first-order valence-electron chi connectivity index (χ1n) is 13.4. The molecule has 220 valence electrons. The number of hydrogen-bond acceptors (Lipinski definition) is 5. The molecule has 3 aromatic rings. The van der Waals surface area contributed by atoms with E-state index in [4.69, 9.17) is 16.3 Å². The van der Waals surface area contributed by atoms with Crippen LogP contribution in [0.4, 0.5) is 10.1 Å². The first-order valence-corrected chi connectivity index (χ1v) is 15.3. The van der Waals surface area contributed by atoms with Gasteiger partial charge in [0.1, 0.15) is 24.2 Å². The van der Waals surface area contributed by atoms with Crippen molar-refractivity contribution in [3.63, 3.8) is 0 Å². The number of nitrogens with one attached hydrogen (secondary N) is 1. The maximum Gasteiger partial charge on any atom is 0.264 e. The van der Waals surface area contributed by atoms with Crippen LogP contribution in [-0.2, 0) is 26.2 Å². The molecule has 3 aromatic carbocycles. The fourth-order valence-corrected chi connectivity index (χ4v) is 5.84. The molecule has 0 saturated carbocycles. The third-order valence-corrected chi connectivity index (χ3v) is 8.51. The summed E-state index contributed by atoms with van der Waals surface area (Å²) in [6.07, 6.45) is 0.993. The SMILES string of the molecule is CCCNC(=O)[C@H](CC)N(Cc1ccccc1Cl)C(=O)CN(c1ccc(F)cc1)S(=O)(=O)c1ccc(OCC)cc1. The van der Waals surface area contributed by atoms with Crippen molar-refractivity contribution >= 4 is 39.1 Å². The Morgan fingerprint density at radius 1 is 0.976 bits per heavy atom. The van der Waals surface area contributed by atoms with Crippen LogP contribution in [-0.4, -0.2) is 50.9 Å². The summed E-state index contributed by atoms with van der Waals surface area (Å²) in [5.41, 5.74) is 0.696. The molecule has 0 heterocycles. The molecule has 0 aliphatic heterocycles. The van der Waals surface area contributed by atoms with Crippen LogP contribution in [0.25, 0.3) is 0 Å². The minimum atomic E-state index is -4.29. The van der Waals surface area contributed by atoms with E-state index in [1.165, 1.54) is 41.3 Å². The second kappa shape index (κ2) is 14.8. The van der Waals surface area contributed by atoms with Crippen LogP contribution in [0.3, 0.4) is 0 Å². The van der Waals surface area contributed by atoms with Crippen LogP contribution in [0.5, 0.6) is 5.75 Å².